The minimum Gasteiger partial charge on any atom is -0.480 e. The van der Waals surface area contributed by atoms with Crippen LogP contribution in [0.3, 0.4) is 0 Å². The third-order valence-corrected chi connectivity index (χ3v) is 6.95. The van der Waals surface area contributed by atoms with Gasteiger partial charge in [0.1, 0.15) is 6.04 Å². The Morgan fingerprint density at radius 1 is 1.08 bits per heavy atom. The number of aliphatic carboxylic acids is 1. The Kier molecular flexibility index (Phi) is 5.02. The van der Waals surface area contributed by atoms with Crippen LogP contribution in [0.15, 0.2) is 59.5 Å². The highest BCUT2D eigenvalue weighted by atomic mass is 32.2. The summed E-state index contributed by atoms with van der Waals surface area (Å²) >= 11 is 0. The minimum absolute atomic E-state index is 0.0268. The first-order valence-electron chi connectivity index (χ1n) is 8.36. The molecule has 1 fully saturated rings. The zero-order valence-corrected chi connectivity index (χ0v) is 15.5. The van der Waals surface area contributed by atoms with Crippen LogP contribution in [0.25, 0.3) is 0 Å². The number of rotatable bonds is 5. The summed E-state index contributed by atoms with van der Waals surface area (Å²) in [5.74, 6) is -1.04. The van der Waals surface area contributed by atoms with Gasteiger partial charge in [0.15, 0.2) is 9.84 Å². The van der Waals surface area contributed by atoms with Crippen molar-refractivity contribution < 1.29 is 18.3 Å². The summed E-state index contributed by atoms with van der Waals surface area (Å²) in [7, 11) is -0.170. The van der Waals surface area contributed by atoms with Gasteiger partial charge in [-0.05, 0) is 24.1 Å². The Bertz CT molecular complexity index is 897. The van der Waals surface area contributed by atoms with Gasteiger partial charge in [0.25, 0.3) is 0 Å². The summed E-state index contributed by atoms with van der Waals surface area (Å²) in [5, 5.41) is 11.5. The molecule has 0 unspecified atom stereocenters. The number of carboxylic acid groups (broad SMARTS) is 1. The van der Waals surface area contributed by atoms with Gasteiger partial charge in [0.05, 0.1) is 21.9 Å². The summed E-state index contributed by atoms with van der Waals surface area (Å²) < 4.78 is 26.9. The van der Waals surface area contributed by atoms with Crippen molar-refractivity contribution in [1.82, 2.24) is 5.32 Å². The Morgan fingerprint density at radius 2 is 1.69 bits per heavy atom. The molecule has 0 spiro atoms. The van der Waals surface area contributed by atoms with Crippen LogP contribution in [0.4, 0.5) is 5.69 Å². The molecule has 6 nitrogen and oxygen atoms in total. The first kappa shape index (κ1) is 18.4. The maximum absolute atomic E-state index is 13.5. The van der Waals surface area contributed by atoms with Crippen molar-refractivity contribution in [2.45, 2.75) is 28.6 Å². The fourth-order valence-electron chi connectivity index (χ4n) is 3.44. The molecule has 2 N–H and O–H groups in total. The van der Waals surface area contributed by atoms with Gasteiger partial charge in [0, 0.05) is 14.1 Å². The van der Waals surface area contributed by atoms with Crippen LogP contribution >= 0.6 is 0 Å². The molecule has 0 bridgehead atoms. The zero-order valence-electron chi connectivity index (χ0n) is 14.7. The van der Waals surface area contributed by atoms with Crippen molar-refractivity contribution in [2.24, 2.45) is 0 Å². The van der Waals surface area contributed by atoms with E-state index in [1.165, 1.54) is 0 Å². The minimum atomic E-state index is -3.75. The SMILES string of the molecule is CN(C)c1ccccc1S(=O)(=O)[C@H]1C[C@H](C(=O)O)N[C@@H]1c1ccccc1. The lowest BCUT2D eigenvalue weighted by Crippen LogP contribution is -2.32. The van der Waals surface area contributed by atoms with Gasteiger partial charge >= 0.3 is 5.97 Å². The average Bonchev–Trinajstić information content (AvgIpc) is 3.09. The molecule has 1 aliphatic rings. The predicted molar refractivity (Wildman–Crippen MR) is 100 cm³/mol. The number of benzene rings is 2. The Hall–Kier alpha value is -2.38. The van der Waals surface area contributed by atoms with Crippen molar-refractivity contribution in [3.8, 4) is 0 Å². The second-order valence-electron chi connectivity index (χ2n) is 6.63. The number of sulfone groups is 1. The van der Waals surface area contributed by atoms with E-state index in [9.17, 15) is 18.3 Å². The Morgan fingerprint density at radius 3 is 2.31 bits per heavy atom. The summed E-state index contributed by atoms with van der Waals surface area (Å²) in [6.07, 6.45) is 0.0268. The number of nitrogens with zero attached hydrogens (tertiary/aromatic N) is 1. The number of carboxylic acids is 1. The predicted octanol–water partition coefficient (Wildman–Crippen LogP) is 2.08. The van der Waals surface area contributed by atoms with Crippen LogP contribution < -0.4 is 10.2 Å². The van der Waals surface area contributed by atoms with Gasteiger partial charge in [0.2, 0.25) is 0 Å². The quantitative estimate of drug-likeness (QED) is 0.833. The maximum atomic E-state index is 13.5. The van der Waals surface area contributed by atoms with Gasteiger partial charge in [-0.15, -0.1) is 0 Å². The van der Waals surface area contributed by atoms with E-state index in [2.05, 4.69) is 5.32 Å². The number of hydrogen-bond donors (Lipinski definition) is 2. The number of anilines is 1. The molecular formula is C19H22N2O4S. The van der Waals surface area contributed by atoms with E-state index in [0.29, 0.717) is 5.69 Å². The molecule has 138 valence electrons. The standard InChI is InChI=1S/C19H22N2O4S/c1-21(2)15-10-6-7-11-16(15)26(24,25)17-12-14(19(22)23)20-18(17)13-8-4-3-5-9-13/h3-11,14,17-18,20H,12H2,1-2H3,(H,22,23)/t14-,17+,18-/m1/s1. The number of para-hydroxylation sites is 1. The van der Waals surface area contributed by atoms with Gasteiger partial charge in [-0.25, -0.2) is 8.42 Å². The number of hydrogen-bond acceptors (Lipinski definition) is 5. The van der Waals surface area contributed by atoms with Crippen molar-refractivity contribution in [1.29, 1.82) is 0 Å². The van der Waals surface area contributed by atoms with E-state index in [1.807, 2.05) is 30.3 Å². The molecule has 26 heavy (non-hydrogen) atoms. The molecule has 1 heterocycles. The van der Waals surface area contributed by atoms with Crippen LogP contribution in [0.2, 0.25) is 0 Å². The van der Waals surface area contributed by atoms with E-state index in [0.717, 1.165) is 5.56 Å². The van der Waals surface area contributed by atoms with Crippen molar-refractivity contribution >= 4 is 21.5 Å². The van der Waals surface area contributed by atoms with Crippen LogP contribution in [0, 0.1) is 0 Å². The van der Waals surface area contributed by atoms with E-state index < -0.39 is 33.1 Å². The molecule has 3 rings (SSSR count). The van der Waals surface area contributed by atoms with E-state index in [4.69, 9.17) is 0 Å². The smallest absolute Gasteiger partial charge is 0.320 e. The molecule has 0 aliphatic carbocycles. The second kappa shape index (κ2) is 7.09. The van der Waals surface area contributed by atoms with Crippen molar-refractivity contribution in [2.75, 3.05) is 19.0 Å². The van der Waals surface area contributed by atoms with Gasteiger partial charge in [-0.1, -0.05) is 42.5 Å². The molecule has 0 radical (unpaired) electrons. The van der Waals surface area contributed by atoms with Crippen LogP contribution in [-0.2, 0) is 14.6 Å². The number of carbonyl (C=O) groups is 1. The van der Waals surface area contributed by atoms with Crippen LogP contribution in [0.1, 0.15) is 18.0 Å². The second-order valence-corrected chi connectivity index (χ2v) is 8.76. The Balaban J connectivity index is 2.08. The fourth-order valence-corrected chi connectivity index (χ4v) is 5.62. The van der Waals surface area contributed by atoms with Crippen LogP contribution in [-0.4, -0.2) is 44.9 Å². The molecule has 1 aliphatic heterocycles. The largest absolute Gasteiger partial charge is 0.480 e. The van der Waals surface area contributed by atoms with Crippen molar-refractivity contribution in [3.63, 3.8) is 0 Å². The lowest BCUT2D eigenvalue weighted by atomic mass is 10.1. The lowest BCUT2D eigenvalue weighted by molar-refractivity contribution is -0.139. The fraction of sp³-hybridized carbons (Fsp3) is 0.316. The molecule has 0 aromatic heterocycles. The highest BCUT2D eigenvalue weighted by Crippen LogP contribution is 2.38. The molecule has 0 amide bonds. The summed E-state index contributed by atoms with van der Waals surface area (Å²) in [4.78, 5) is 13.5. The average molecular weight is 374 g/mol. The van der Waals surface area contributed by atoms with Gasteiger partial charge in [-0.3, -0.25) is 10.1 Å². The third-order valence-electron chi connectivity index (χ3n) is 4.73. The normalized spacial score (nSPS) is 22.9. The molecule has 3 atom stereocenters. The molecule has 1 saturated heterocycles. The van der Waals surface area contributed by atoms with E-state index >= 15 is 0 Å². The monoisotopic (exact) mass is 374 g/mol. The zero-order chi connectivity index (χ0) is 18.9. The molecule has 2 aromatic rings. The van der Waals surface area contributed by atoms with E-state index in [1.54, 1.807) is 43.3 Å². The highest BCUT2D eigenvalue weighted by Gasteiger charge is 2.46. The van der Waals surface area contributed by atoms with Crippen LogP contribution in [0.5, 0.6) is 0 Å². The number of nitrogens with one attached hydrogen (secondary N) is 1. The lowest BCUT2D eigenvalue weighted by Gasteiger charge is -2.23. The topological polar surface area (TPSA) is 86.7 Å². The summed E-state index contributed by atoms with van der Waals surface area (Å²) in [6.45, 7) is 0. The third kappa shape index (κ3) is 3.32. The first-order valence-corrected chi connectivity index (χ1v) is 9.91. The molecule has 0 saturated carbocycles. The Labute approximate surface area is 153 Å². The molecule has 7 heteroatoms. The molecule has 2 aromatic carbocycles. The molecular weight excluding hydrogens is 352 g/mol. The van der Waals surface area contributed by atoms with Crippen molar-refractivity contribution in [3.05, 3.63) is 60.2 Å². The summed E-state index contributed by atoms with van der Waals surface area (Å²) in [6, 6.07) is 14.5. The van der Waals surface area contributed by atoms with E-state index in [-0.39, 0.29) is 11.3 Å². The summed E-state index contributed by atoms with van der Waals surface area (Å²) in [5.41, 5.74) is 1.37. The highest BCUT2D eigenvalue weighted by molar-refractivity contribution is 7.92. The first-order chi connectivity index (χ1) is 12.3. The maximum Gasteiger partial charge on any atom is 0.320 e. The van der Waals surface area contributed by atoms with Gasteiger partial charge < -0.3 is 10.0 Å². The van der Waals surface area contributed by atoms with Gasteiger partial charge in [-0.2, -0.15) is 0 Å².